The molecule has 5 aliphatic carbocycles. The van der Waals surface area contributed by atoms with Gasteiger partial charge in [0, 0.05) is 41.7 Å². The first-order chi connectivity index (χ1) is 22.3. The van der Waals surface area contributed by atoms with Crippen molar-refractivity contribution in [2.75, 3.05) is 6.54 Å². The fourth-order valence-corrected chi connectivity index (χ4v) is 10.2. The first-order valence-corrected chi connectivity index (χ1v) is 17.1. The number of nitrogens with zero attached hydrogens (tertiary/aromatic N) is 1. The smallest absolute Gasteiger partial charge is 0.340 e. The SMILES string of the molecule is CCC/C=C1\OC(=O)C2=C1CC[C@H]1[C@@H]3CC[C@@]4(C(=C3[C@H]3C5=CCNC(N)=C5CC[C@@H]3N3C(=O)C=CC3=O)C(=O)O/C4=C\CCC)[C@@H]21. The predicted molar refractivity (Wildman–Crippen MR) is 168 cm³/mol. The number of carbonyl (C=O) groups excluding carboxylic acids is 4. The molecule has 9 aliphatic rings. The number of rotatable bonds is 6. The van der Waals surface area contributed by atoms with Crippen LogP contribution in [-0.4, -0.2) is 41.2 Å². The number of esters is 2. The van der Waals surface area contributed by atoms with Gasteiger partial charge >= 0.3 is 11.9 Å². The Kier molecular flexibility index (Phi) is 6.82. The van der Waals surface area contributed by atoms with Crippen molar-refractivity contribution in [2.45, 2.75) is 84.1 Å². The maximum Gasteiger partial charge on any atom is 0.340 e. The molecule has 3 fully saturated rings. The van der Waals surface area contributed by atoms with Crippen LogP contribution in [0.1, 0.15) is 78.1 Å². The van der Waals surface area contributed by atoms with E-state index in [0.717, 1.165) is 72.8 Å². The topological polar surface area (TPSA) is 128 Å². The maximum atomic E-state index is 14.4. The molecule has 4 heterocycles. The highest BCUT2D eigenvalue weighted by Crippen LogP contribution is 2.72. The van der Waals surface area contributed by atoms with Gasteiger partial charge < -0.3 is 20.5 Å². The molecular formula is C37H41N3O6. The first kappa shape index (κ1) is 29.3. The highest BCUT2D eigenvalue weighted by Gasteiger charge is 2.69. The van der Waals surface area contributed by atoms with E-state index in [-0.39, 0.29) is 47.4 Å². The van der Waals surface area contributed by atoms with Gasteiger partial charge in [-0.25, -0.2) is 9.59 Å². The Bertz CT molecular complexity index is 1690. The number of imide groups is 1. The van der Waals surface area contributed by atoms with Crippen LogP contribution in [0.25, 0.3) is 0 Å². The number of nitrogens with two attached hydrogens (primary N) is 1. The van der Waals surface area contributed by atoms with Crippen LogP contribution in [0.2, 0.25) is 0 Å². The first-order valence-electron chi connectivity index (χ1n) is 17.1. The fraction of sp³-hybridized carbons (Fsp3) is 0.514. The summed E-state index contributed by atoms with van der Waals surface area (Å²) >= 11 is 0. The summed E-state index contributed by atoms with van der Waals surface area (Å²) in [6, 6.07) is -0.455. The highest BCUT2D eigenvalue weighted by molar-refractivity contribution is 6.13. The van der Waals surface area contributed by atoms with Crippen molar-refractivity contribution in [2.24, 2.45) is 34.8 Å². The van der Waals surface area contributed by atoms with Gasteiger partial charge in [-0.2, -0.15) is 0 Å². The van der Waals surface area contributed by atoms with Crippen LogP contribution in [0.3, 0.4) is 0 Å². The van der Waals surface area contributed by atoms with Gasteiger partial charge in [-0.15, -0.1) is 0 Å². The Hall–Kier alpha value is -4.14. The molecule has 3 N–H and O–H groups in total. The van der Waals surface area contributed by atoms with Crippen LogP contribution in [0, 0.1) is 29.1 Å². The van der Waals surface area contributed by atoms with Crippen molar-refractivity contribution in [3.63, 3.8) is 0 Å². The van der Waals surface area contributed by atoms with Crippen molar-refractivity contribution >= 4 is 23.8 Å². The van der Waals surface area contributed by atoms with E-state index in [2.05, 4.69) is 31.3 Å². The van der Waals surface area contributed by atoms with Crippen LogP contribution in [-0.2, 0) is 28.7 Å². The van der Waals surface area contributed by atoms with E-state index in [1.54, 1.807) is 0 Å². The minimum Gasteiger partial charge on any atom is -0.427 e. The molecule has 2 bridgehead atoms. The van der Waals surface area contributed by atoms with Crippen LogP contribution >= 0.6 is 0 Å². The largest absolute Gasteiger partial charge is 0.427 e. The van der Waals surface area contributed by atoms with Crippen molar-refractivity contribution in [3.05, 3.63) is 81.2 Å². The van der Waals surface area contributed by atoms with Crippen LogP contribution in [0.5, 0.6) is 0 Å². The highest BCUT2D eigenvalue weighted by atomic mass is 16.5. The number of hydrogen-bond donors (Lipinski definition) is 2. The van der Waals surface area contributed by atoms with E-state index in [1.807, 2.05) is 6.08 Å². The Morgan fingerprint density at radius 1 is 0.957 bits per heavy atom. The Morgan fingerprint density at radius 3 is 2.46 bits per heavy atom. The number of fused-ring (bicyclic) bond motifs is 2. The Labute approximate surface area is 269 Å². The second kappa shape index (κ2) is 10.7. The summed E-state index contributed by atoms with van der Waals surface area (Å²) in [4.78, 5) is 56.0. The summed E-state index contributed by atoms with van der Waals surface area (Å²) in [5, 5.41) is 3.26. The van der Waals surface area contributed by atoms with Crippen molar-refractivity contribution in [1.82, 2.24) is 10.2 Å². The number of cyclic esters (lactones) is 2. The maximum absolute atomic E-state index is 14.4. The average molecular weight is 624 g/mol. The van der Waals surface area contributed by atoms with Crippen molar-refractivity contribution < 1.29 is 28.7 Å². The van der Waals surface area contributed by atoms with E-state index in [4.69, 9.17) is 15.2 Å². The second-order valence-corrected chi connectivity index (χ2v) is 13.9. The van der Waals surface area contributed by atoms with Gasteiger partial charge in [0.15, 0.2) is 0 Å². The van der Waals surface area contributed by atoms with Crippen LogP contribution in [0.15, 0.2) is 81.2 Å². The second-order valence-electron chi connectivity index (χ2n) is 13.9. The van der Waals surface area contributed by atoms with Crippen molar-refractivity contribution in [3.8, 4) is 0 Å². The molecule has 0 unspecified atom stereocenters. The fourth-order valence-electron chi connectivity index (χ4n) is 10.2. The third-order valence-electron chi connectivity index (χ3n) is 11.8. The number of hydrogen-bond acceptors (Lipinski definition) is 8. The third kappa shape index (κ3) is 3.86. The van der Waals surface area contributed by atoms with Gasteiger partial charge in [-0.05, 0) is 92.1 Å². The molecule has 9 rings (SSSR count). The minimum atomic E-state index is -0.802. The van der Waals surface area contributed by atoms with Crippen molar-refractivity contribution in [1.29, 1.82) is 0 Å². The van der Waals surface area contributed by atoms with Gasteiger partial charge in [0.25, 0.3) is 11.8 Å². The number of amides is 2. The molecule has 240 valence electrons. The van der Waals surface area contributed by atoms with E-state index in [9.17, 15) is 19.2 Å². The molecule has 0 aromatic carbocycles. The zero-order valence-corrected chi connectivity index (χ0v) is 26.5. The monoisotopic (exact) mass is 623 g/mol. The van der Waals surface area contributed by atoms with Crippen LogP contribution in [0.4, 0.5) is 0 Å². The standard InChI is InChI=1S/C37H41N3O6/c1-3-5-7-25-23-10-9-21-19-15-17-37(32(21)31(23)35(43)45-25)26(8-6-4-2)46-36(44)33(37)30(19)29-20-16-18-39-34(38)22(20)11-12-24(29)40-27(41)13-14-28(40)42/h7-8,13-14,16,19,21,24,29,32,39H,3-6,9-12,15,17-18,38H2,1-2H3/b25-7-,26-8-/t19-,21-,24-,29-,32+,37-/m0/s1. The van der Waals surface area contributed by atoms with Gasteiger partial charge in [-0.1, -0.05) is 32.8 Å². The lowest BCUT2D eigenvalue weighted by Crippen LogP contribution is -2.56. The number of carbonyl (C=O) groups is 4. The molecule has 6 atom stereocenters. The molecule has 0 radical (unpaired) electrons. The summed E-state index contributed by atoms with van der Waals surface area (Å²) in [6.07, 6.45) is 16.6. The molecule has 0 aromatic heterocycles. The molecule has 4 aliphatic heterocycles. The quantitative estimate of drug-likeness (QED) is 0.316. The molecule has 1 saturated heterocycles. The zero-order valence-electron chi connectivity index (χ0n) is 26.5. The number of unbranched alkanes of at least 4 members (excludes halogenated alkanes) is 2. The summed E-state index contributed by atoms with van der Waals surface area (Å²) in [7, 11) is 0. The average Bonchev–Trinajstić information content (AvgIpc) is 3.68. The Balaban J connectivity index is 1.37. The van der Waals surface area contributed by atoms with Gasteiger partial charge in [0.1, 0.15) is 11.5 Å². The number of allylic oxidation sites excluding steroid dienone is 5. The zero-order chi connectivity index (χ0) is 31.9. The number of dihydropyridines is 1. The number of ether oxygens (including phenoxy) is 2. The molecular weight excluding hydrogens is 582 g/mol. The summed E-state index contributed by atoms with van der Waals surface area (Å²) in [6.45, 7) is 4.73. The molecule has 46 heavy (non-hydrogen) atoms. The Morgan fingerprint density at radius 2 is 1.70 bits per heavy atom. The summed E-state index contributed by atoms with van der Waals surface area (Å²) < 4.78 is 12.2. The summed E-state index contributed by atoms with van der Waals surface area (Å²) in [5.41, 5.74) is 11.1. The lowest BCUT2D eigenvalue weighted by Gasteiger charge is -2.58. The van der Waals surface area contributed by atoms with E-state index in [1.165, 1.54) is 17.1 Å². The van der Waals surface area contributed by atoms with Crippen LogP contribution < -0.4 is 11.1 Å². The summed E-state index contributed by atoms with van der Waals surface area (Å²) in [5.74, 6) is 0.103. The molecule has 0 aromatic rings. The van der Waals surface area contributed by atoms with E-state index >= 15 is 0 Å². The molecule has 2 amide bonds. The van der Waals surface area contributed by atoms with Gasteiger partial charge in [0.05, 0.1) is 22.9 Å². The lowest BCUT2D eigenvalue weighted by molar-refractivity contribution is -0.141. The number of nitrogens with one attached hydrogen (secondary N) is 1. The predicted octanol–water partition coefficient (Wildman–Crippen LogP) is 4.90. The third-order valence-corrected chi connectivity index (χ3v) is 11.8. The molecule has 9 nitrogen and oxygen atoms in total. The van der Waals surface area contributed by atoms with Gasteiger partial charge in [-0.3, -0.25) is 14.5 Å². The molecule has 9 heteroatoms. The molecule has 2 saturated carbocycles. The lowest BCUT2D eigenvalue weighted by atomic mass is 9.43. The minimum absolute atomic E-state index is 0.0184. The van der Waals surface area contributed by atoms with E-state index < -0.39 is 11.5 Å². The molecule has 1 spiro atoms. The van der Waals surface area contributed by atoms with E-state index in [0.29, 0.717) is 48.7 Å². The normalized spacial score (nSPS) is 36.3. The van der Waals surface area contributed by atoms with Gasteiger partial charge in [0.2, 0.25) is 0 Å².